The summed E-state index contributed by atoms with van der Waals surface area (Å²) in [6.45, 7) is 3.78. The van der Waals surface area contributed by atoms with Crippen LogP contribution in [-0.2, 0) is 4.79 Å². The lowest BCUT2D eigenvalue weighted by atomic mass is 10.0. The van der Waals surface area contributed by atoms with Gasteiger partial charge in [-0.15, -0.1) is 11.3 Å². The van der Waals surface area contributed by atoms with Crippen LogP contribution in [0.2, 0.25) is 0 Å². The zero-order valence-corrected chi connectivity index (χ0v) is 10.8. The van der Waals surface area contributed by atoms with Gasteiger partial charge in [-0.3, -0.25) is 9.59 Å². The maximum absolute atomic E-state index is 11.8. The first-order valence-electron chi connectivity index (χ1n) is 5.55. The van der Waals surface area contributed by atoms with E-state index in [4.69, 9.17) is 5.73 Å². The van der Waals surface area contributed by atoms with Crippen molar-refractivity contribution in [1.29, 1.82) is 0 Å². The van der Waals surface area contributed by atoms with Crippen molar-refractivity contribution >= 4 is 28.2 Å². The Kier molecular flexibility index (Phi) is 5.24. The van der Waals surface area contributed by atoms with Crippen LogP contribution in [-0.4, -0.2) is 23.2 Å². The zero-order chi connectivity index (χ0) is 12.8. The normalized spacial score (nSPS) is 12.2. The van der Waals surface area contributed by atoms with Crippen molar-refractivity contribution in [3.63, 3.8) is 0 Å². The van der Waals surface area contributed by atoms with E-state index in [0.717, 1.165) is 12.8 Å². The van der Waals surface area contributed by atoms with Crippen molar-refractivity contribution in [3.05, 3.63) is 11.1 Å². The van der Waals surface area contributed by atoms with Gasteiger partial charge in [-0.25, -0.2) is 4.98 Å². The van der Waals surface area contributed by atoms with Gasteiger partial charge in [0.2, 0.25) is 5.91 Å². The molecule has 1 heterocycles. The Morgan fingerprint density at radius 2 is 2.29 bits per heavy atom. The lowest BCUT2D eigenvalue weighted by Crippen LogP contribution is -2.29. The highest BCUT2D eigenvalue weighted by Gasteiger charge is 2.17. The molecule has 1 aromatic rings. The number of ketones is 1. The van der Waals surface area contributed by atoms with Crippen LogP contribution in [0.15, 0.2) is 5.38 Å². The molecule has 1 amide bonds. The average Bonchev–Trinajstić information content (AvgIpc) is 2.74. The van der Waals surface area contributed by atoms with Gasteiger partial charge in [0.1, 0.15) is 5.69 Å². The lowest BCUT2D eigenvalue weighted by molar-refractivity contribution is -0.119. The molecule has 1 aromatic heterocycles. The van der Waals surface area contributed by atoms with E-state index in [2.05, 4.69) is 10.3 Å². The first-order valence-corrected chi connectivity index (χ1v) is 6.43. The fourth-order valence-electron chi connectivity index (χ4n) is 1.40. The van der Waals surface area contributed by atoms with Crippen molar-refractivity contribution in [3.8, 4) is 0 Å². The fraction of sp³-hybridized carbons (Fsp3) is 0.545. The molecule has 0 radical (unpaired) electrons. The molecule has 1 unspecified atom stereocenters. The summed E-state index contributed by atoms with van der Waals surface area (Å²) in [7, 11) is 0. The number of hydrogen-bond donors (Lipinski definition) is 2. The number of thiazole rings is 1. The van der Waals surface area contributed by atoms with Gasteiger partial charge >= 0.3 is 0 Å². The first kappa shape index (κ1) is 13.8. The summed E-state index contributed by atoms with van der Waals surface area (Å²) in [5.74, 6) is -0.422. The summed E-state index contributed by atoms with van der Waals surface area (Å²) < 4.78 is 0. The number of nitrogens with one attached hydrogen (secondary N) is 1. The SMILES string of the molecule is CCCC(CN)C(=O)Nc1nc(C(C)=O)cs1. The van der Waals surface area contributed by atoms with Gasteiger partial charge in [0.25, 0.3) is 0 Å². The fourth-order valence-corrected chi connectivity index (χ4v) is 2.16. The molecule has 0 spiro atoms. The molecule has 0 saturated carbocycles. The number of rotatable bonds is 6. The van der Waals surface area contributed by atoms with Gasteiger partial charge in [0.15, 0.2) is 10.9 Å². The van der Waals surface area contributed by atoms with Crippen LogP contribution in [0.3, 0.4) is 0 Å². The van der Waals surface area contributed by atoms with Crippen LogP contribution in [0, 0.1) is 5.92 Å². The third-order valence-corrected chi connectivity index (χ3v) is 3.15. The predicted octanol–water partition coefficient (Wildman–Crippen LogP) is 1.66. The molecule has 0 aliphatic heterocycles. The van der Waals surface area contributed by atoms with Crippen molar-refractivity contribution in [2.75, 3.05) is 11.9 Å². The van der Waals surface area contributed by atoms with Crippen LogP contribution in [0.1, 0.15) is 37.2 Å². The Morgan fingerprint density at radius 3 is 2.76 bits per heavy atom. The largest absolute Gasteiger partial charge is 0.330 e. The highest BCUT2D eigenvalue weighted by atomic mass is 32.1. The molecule has 5 nitrogen and oxygen atoms in total. The number of carbonyl (C=O) groups is 2. The third kappa shape index (κ3) is 3.90. The van der Waals surface area contributed by atoms with Gasteiger partial charge in [0.05, 0.1) is 5.92 Å². The summed E-state index contributed by atoms with van der Waals surface area (Å²) >= 11 is 1.25. The first-order chi connectivity index (χ1) is 8.08. The van der Waals surface area contributed by atoms with E-state index in [1.807, 2.05) is 6.92 Å². The van der Waals surface area contributed by atoms with Crippen LogP contribution in [0.5, 0.6) is 0 Å². The molecule has 6 heteroatoms. The van der Waals surface area contributed by atoms with Crippen LogP contribution >= 0.6 is 11.3 Å². The van der Waals surface area contributed by atoms with Crippen molar-refractivity contribution < 1.29 is 9.59 Å². The second-order valence-corrected chi connectivity index (χ2v) is 4.66. The molecular weight excluding hydrogens is 238 g/mol. The molecule has 0 aliphatic carbocycles. The molecule has 1 rings (SSSR count). The number of amides is 1. The summed E-state index contributed by atoms with van der Waals surface area (Å²) in [6.07, 6.45) is 1.67. The number of nitrogens with zero attached hydrogens (tertiary/aromatic N) is 1. The quantitative estimate of drug-likeness (QED) is 0.757. The van der Waals surface area contributed by atoms with Crippen LogP contribution < -0.4 is 11.1 Å². The Hall–Kier alpha value is -1.27. The molecule has 0 fully saturated rings. The third-order valence-electron chi connectivity index (χ3n) is 2.39. The average molecular weight is 255 g/mol. The molecular formula is C11H17N3O2S. The van der Waals surface area contributed by atoms with Gasteiger partial charge in [-0.05, 0) is 6.42 Å². The second-order valence-electron chi connectivity index (χ2n) is 3.80. The Bertz CT molecular complexity index is 403. The molecule has 3 N–H and O–H groups in total. The number of Topliss-reactive ketones (excluding diaryl/α,β-unsaturated/α-hetero) is 1. The highest BCUT2D eigenvalue weighted by Crippen LogP contribution is 2.17. The second kappa shape index (κ2) is 6.46. The minimum Gasteiger partial charge on any atom is -0.330 e. The summed E-state index contributed by atoms with van der Waals surface area (Å²) in [5, 5.41) is 4.78. The van der Waals surface area contributed by atoms with Crippen molar-refractivity contribution in [2.24, 2.45) is 11.7 Å². The number of carbonyl (C=O) groups excluding carboxylic acids is 2. The summed E-state index contributed by atoms with van der Waals surface area (Å²) in [4.78, 5) is 26.9. The predicted molar refractivity (Wildman–Crippen MR) is 68.2 cm³/mol. The number of nitrogens with two attached hydrogens (primary N) is 1. The molecule has 1 atom stereocenters. The molecule has 0 saturated heterocycles. The smallest absolute Gasteiger partial charge is 0.230 e. The van der Waals surface area contributed by atoms with E-state index in [9.17, 15) is 9.59 Å². The Labute approximate surface area is 104 Å². The van der Waals surface area contributed by atoms with E-state index >= 15 is 0 Å². The number of hydrogen-bond acceptors (Lipinski definition) is 5. The van der Waals surface area contributed by atoms with Crippen molar-refractivity contribution in [2.45, 2.75) is 26.7 Å². The molecule has 94 valence electrons. The topological polar surface area (TPSA) is 85.1 Å². The van der Waals surface area contributed by atoms with Gasteiger partial charge in [0, 0.05) is 18.8 Å². The monoisotopic (exact) mass is 255 g/mol. The van der Waals surface area contributed by atoms with E-state index in [-0.39, 0.29) is 17.6 Å². The van der Waals surface area contributed by atoms with Crippen LogP contribution in [0.4, 0.5) is 5.13 Å². The molecule has 0 bridgehead atoms. The maximum Gasteiger partial charge on any atom is 0.230 e. The number of anilines is 1. The summed E-state index contributed by atoms with van der Waals surface area (Å²) in [6, 6.07) is 0. The minimum atomic E-state index is -0.190. The van der Waals surface area contributed by atoms with E-state index < -0.39 is 0 Å². The van der Waals surface area contributed by atoms with E-state index in [0.29, 0.717) is 17.4 Å². The highest BCUT2D eigenvalue weighted by molar-refractivity contribution is 7.14. The van der Waals surface area contributed by atoms with E-state index in [1.54, 1.807) is 5.38 Å². The van der Waals surface area contributed by atoms with Gasteiger partial charge in [-0.2, -0.15) is 0 Å². The molecule has 0 aromatic carbocycles. The van der Waals surface area contributed by atoms with Gasteiger partial charge in [-0.1, -0.05) is 13.3 Å². The minimum absolute atomic E-state index is 0.106. The zero-order valence-electron chi connectivity index (χ0n) is 10.0. The van der Waals surface area contributed by atoms with Gasteiger partial charge < -0.3 is 11.1 Å². The van der Waals surface area contributed by atoms with Crippen molar-refractivity contribution in [1.82, 2.24) is 4.98 Å². The standard InChI is InChI=1S/C11H17N3O2S/c1-3-4-8(5-12)10(16)14-11-13-9(6-17-11)7(2)15/h6,8H,3-5,12H2,1-2H3,(H,13,14,16). The van der Waals surface area contributed by atoms with E-state index in [1.165, 1.54) is 18.3 Å². The summed E-state index contributed by atoms with van der Waals surface area (Å²) in [5.41, 5.74) is 5.91. The Balaban J connectivity index is 2.63. The van der Waals surface area contributed by atoms with Crippen LogP contribution in [0.25, 0.3) is 0 Å². The maximum atomic E-state index is 11.8. The molecule has 0 aliphatic rings. The lowest BCUT2D eigenvalue weighted by Gasteiger charge is -2.11. The Morgan fingerprint density at radius 1 is 1.59 bits per heavy atom. The molecule has 17 heavy (non-hydrogen) atoms. The number of aromatic nitrogens is 1.